The van der Waals surface area contributed by atoms with E-state index in [1.54, 1.807) is 18.2 Å². The van der Waals surface area contributed by atoms with E-state index in [0.29, 0.717) is 10.0 Å². The highest BCUT2D eigenvalue weighted by Crippen LogP contribution is 2.40. The third-order valence-electron chi connectivity index (χ3n) is 5.03. The summed E-state index contributed by atoms with van der Waals surface area (Å²) in [5.74, 6) is 0. The van der Waals surface area contributed by atoms with Gasteiger partial charge in [-0.1, -0.05) is 35.3 Å². The lowest BCUT2D eigenvalue weighted by atomic mass is 9.88. The zero-order chi connectivity index (χ0) is 22.1. The minimum Gasteiger partial charge on any atom is -0.324 e. The van der Waals surface area contributed by atoms with Crippen molar-refractivity contribution in [3.05, 3.63) is 63.1 Å². The monoisotopic (exact) mass is 492 g/mol. The first-order valence-electron chi connectivity index (χ1n) is 9.30. The largest absolute Gasteiger partial charge is 0.325 e. The molecule has 0 radical (unpaired) electrons. The second-order valence-electron chi connectivity index (χ2n) is 7.31. The van der Waals surface area contributed by atoms with Gasteiger partial charge in [0.15, 0.2) is 0 Å². The normalized spacial score (nSPS) is 17.7. The minimum atomic E-state index is -4.15. The van der Waals surface area contributed by atoms with E-state index in [2.05, 4.69) is 9.62 Å². The molecule has 0 aromatic heterocycles. The van der Waals surface area contributed by atoms with Crippen molar-refractivity contribution >= 4 is 40.8 Å². The highest BCUT2D eigenvalue weighted by molar-refractivity contribution is 7.89. The lowest BCUT2D eigenvalue weighted by Gasteiger charge is -2.36. The molecule has 0 aliphatic carbocycles. The summed E-state index contributed by atoms with van der Waals surface area (Å²) in [6, 6.07) is 9.99. The van der Waals surface area contributed by atoms with Crippen molar-refractivity contribution in [2.24, 2.45) is 0 Å². The molecule has 0 saturated heterocycles. The Balaban J connectivity index is 1.88. The number of fused-ring (bicyclic) bond motifs is 1. The van der Waals surface area contributed by atoms with Crippen LogP contribution >= 0.6 is 30.8 Å². The summed E-state index contributed by atoms with van der Waals surface area (Å²) < 4.78 is 38.7. The summed E-state index contributed by atoms with van der Waals surface area (Å²) in [6.07, 6.45) is 0.459. The zero-order valence-electron chi connectivity index (χ0n) is 16.3. The molecule has 1 heterocycles. The van der Waals surface area contributed by atoms with Crippen molar-refractivity contribution in [3.8, 4) is 0 Å². The molecule has 2 aromatic rings. The van der Waals surface area contributed by atoms with E-state index in [1.807, 2.05) is 19.2 Å². The molecule has 0 saturated carbocycles. The number of benzene rings is 2. The van der Waals surface area contributed by atoms with Crippen molar-refractivity contribution in [3.63, 3.8) is 0 Å². The van der Waals surface area contributed by atoms with Crippen molar-refractivity contribution < 1.29 is 22.8 Å². The van der Waals surface area contributed by atoms with Crippen LogP contribution in [0.2, 0.25) is 10.0 Å². The van der Waals surface area contributed by atoms with Crippen LogP contribution in [0.1, 0.15) is 29.2 Å². The van der Waals surface area contributed by atoms with Crippen LogP contribution in [0.4, 0.5) is 0 Å². The molecule has 0 amide bonds. The lowest BCUT2D eigenvalue weighted by molar-refractivity contribution is 0.264. The number of hydrogen-bond acceptors (Lipinski definition) is 4. The maximum absolute atomic E-state index is 12.7. The van der Waals surface area contributed by atoms with Crippen LogP contribution in [0.15, 0.2) is 41.3 Å². The molecule has 0 spiro atoms. The fourth-order valence-electron chi connectivity index (χ4n) is 3.65. The Kier molecular flexibility index (Phi) is 7.32. The fraction of sp³-hybridized carbons (Fsp3) is 0.368. The summed E-state index contributed by atoms with van der Waals surface area (Å²) in [4.78, 5) is 20.0. The van der Waals surface area contributed by atoms with Gasteiger partial charge in [0.25, 0.3) is 0 Å². The van der Waals surface area contributed by atoms with Gasteiger partial charge in [0.1, 0.15) is 0 Å². The molecular formula is C19H23Cl2N2O5PS. The van der Waals surface area contributed by atoms with Gasteiger partial charge in [-0.2, -0.15) is 0 Å². The molecule has 7 nitrogen and oxygen atoms in total. The Hall–Kier alpha value is -0.960. The highest BCUT2D eigenvalue weighted by atomic mass is 35.5. The molecule has 30 heavy (non-hydrogen) atoms. The number of hydrogen-bond donors (Lipinski definition) is 3. The van der Waals surface area contributed by atoms with Crippen LogP contribution < -0.4 is 4.72 Å². The molecular weight excluding hydrogens is 470 g/mol. The maximum Gasteiger partial charge on any atom is 0.325 e. The van der Waals surface area contributed by atoms with E-state index >= 15 is 0 Å². The van der Waals surface area contributed by atoms with E-state index in [4.69, 9.17) is 33.0 Å². The third kappa shape index (κ3) is 5.64. The van der Waals surface area contributed by atoms with Gasteiger partial charge in [-0.15, -0.1) is 0 Å². The van der Waals surface area contributed by atoms with Crippen LogP contribution in [0.3, 0.4) is 0 Å². The summed E-state index contributed by atoms with van der Waals surface area (Å²) in [7, 11) is -6.02. The predicted octanol–water partition coefficient (Wildman–Crippen LogP) is 3.42. The van der Waals surface area contributed by atoms with E-state index in [1.165, 1.54) is 6.07 Å². The van der Waals surface area contributed by atoms with E-state index < -0.39 is 17.6 Å². The van der Waals surface area contributed by atoms with Gasteiger partial charge in [0, 0.05) is 23.1 Å². The van der Waals surface area contributed by atoms with E-state index in [-0.39, 0.29) is 30.1 Å². The Morgan fingerprint density at radius 2 is 1.97 bits per heavy atom. The Morgan fingerprint density at radius 3 is 2.67 bits per heavy atom. The van der Waals surface area contributed by atoms with Gasteiger partial charge < -0.3 is 9.79 Å². The molecule has 3 N–H and O–H groups in total. The van der Waals surface area contributed by atoms with Crippen molar-refractivity contribution in [2.75, 3.05) is 26.3 Å². The molecule has 0 fully saturated rings. The number of likely N-dealkylation sites (N-methyl/N-ethyl adjacent to an activating group) is 1. The van der Waals surface area contributed by atoms with Crippen LogP contribution in [-0.4, -0.2) is 49.4 Å². The maximum atomic E-state index is 12.7. The molecule has 0 bridgehead atoms. The van der Waals surface area contributed by atoms with Gasteiger partial charge in [0.05, 0.1) is 17.1 Å². The SMILES string of the molecule is CN1CCc2cc(Cl)cc(Cl)c2C1c1cccc(S(=O)(=O)NCCCP(=O)(O)O)c1. The summed E-state index contributed by atoms with van der Waals surface area (Å²) >= 11 is 12.7. The van der Waals surface area contributed by atoms with E-state index in [9.17, 15) is 13.0 Å². The van der Waals surface area contributed by atoms with Crippen LogP contribution in [-0.2, 0) is 21.0 Å². The summed E-state index contributed by atoms with van der Waals surface area (Å²) in [5, 5.41) is 1.11. The smallest absolute Gasteiger partial charge is 0.324 e. The average molecular weight is 493 g/mol. The van der Waals surface area contributed by atoms with E-state index in [0.717, 1.165) is 29.7 Å². The van der Waals surface area contributed by atoms with Crippen LogP contribution in [0.25, 0.3) is 0 Å². The number of halogens is 2. The molecule has 3 rings (SSSR count). The summed E-state index contributed by atoms with van der Waals surface area (Å²) in [5.41, 5.74) is 2.74. The summed E-state index contributed by atoms with van der Waals surface area (Å²) in [6.45, 7) is 0.708. The first-order chi connectivity index (χ1) is 14.0. The van der Waals surface area contributed by atoms with Crippen molar-refractivity contribution in [1.29, 1.82) is 0 Å². The Labute approximate surface area is 186 Å². The number of sulfonamides is 1. The molecule has 1 aliphatic rings. The molecule has 1 unspecified atom stereocenters. The van der Waals surface area contributed by atoms with Gasteiger partial charge in [0.2, 0.25) is 10.0 Å². The topological polar surface area (TPSA) is 107 Å². The lowest BCUT2D eigenvalue weighted by Crippen LogP contribution is -2.33. The second kappa shape index (κ2) is 9.27. The average Bonchev–Trinajstić information content (AvgIpc) is 2.65. The first-order valence-corrected chi connectivity index (χ1v) is 13.3. The Morgan fingerprint density at radius 1 is 1.23 bits per heavy atom. The molecule has 11 heteroatoms. The molecule has 1 atom stereocenters. The second-order valence-corrected chi connectivity index (χ2v) is 11.7. The van der Waals surface area contributed by atoms with Gasteiger partial charge in [-0.25, -0.2) is 13.1 Å². The Bertz CT molecular complexity index is 1090. The highest BCUT2D eigenvalue weighted by Gasteiger charge is 2.29. The third-order valence-corrected chi connectivity index (χ3v) is 7.92. The fourth-order valence-corrected chi connectivity index (χ4v) is 5.98. The van der Waals surface area contributed by atoms with Crippen molar-refractivity contribution in [2.45, 2.75) is 23.8 Å². The van der Waals surface area contributed by atoms with Crippen molar-refractivity contribution in [1.82, 2.24) is 9.62 Å². The molecule has 2 aromatic carbocycles. The van der Waals surface area contributed by atoms with Gasteiger partial charge >= 0.3 is 7.60 Å². The number of rotatable bonds is 7. The van der Waals surface area contributed by atoms with Gasteiger partial charge in [-0.05, 0) is 60.8 Å². The first kappa shape index (κ1) is 23.7. The quantitative estimate of drug-likeness (QED) is 0.403. The minimum absolute atomic E-state index is 0.0400. The molecule has 164 valence electrons. The predicted molar refractivity (Wildman–Crippen MR) is 118 cm³/mol. The number of nitrogens with zero attached hydrogens (tertiary/aromatic N) is 1. The standard InChI is InChI=1S/C19H23Cl2N2O5PS/c1-23-8-6-13-10-15(20)12-17(21)18(13)19(23)14-4-2-5-16(11-14)30(27,28)22-7-3-9-29(24,25)26/h2,4-5,10-12,19,22H,3,6-9H2,1H3,(H2,24,25,26). The van der Waals surface area contributed by atoms with Crippen LogP contribution in [0, 0.1) is 0 Å². The van der Waals surface area contributed by atoms with Crippen LogP contribution in [0.5, 0.6) is 0 Å². The zero-order valence-corrected chi connectivity index (χ0v) is 19.5. The number of nitrogens with one attached hydrogen (secondary N) is 1. The van der Waals surface area contributed by atoms with Gasteiger partial charge in [-0.3, -0.25) is 9.46 Å². The molecule has 1 aliphatic heterocycles.